The average molecular weight is 543 g/mol. The van der Waals surface area contributed by atoms with E-state index in [4.69, 9.17) is 27.9 Å². The molecule has 35 heavy (non-hydrogen) atoms. The fourth-order valence-electron chi connectivity index (χ4n) is 4.31. The van der Waals surface area contributed by atoms with Crippen LogP contribution in [0.1, 0.15) is 63.8 Å². The smallest absolute Gasteiger partial charge is 0.252 e. The van der Waals surface area contributed by atoms with Crippen molar-refractivity contribution in [3.8, 4) is 0 Å². The zero-order valence-electron chi connectivity index (χ0n) is 20.4. The molecule has 1 unspecified atom stereocenters. The Bertz CT molecular complexity index is 1130. The van der Waals surface area contributed by atoms with Gasteiger partial charge in [0.15, 0.2) is 9.84 Å². The predicted molar refractivity (Wildman–Crippen MR) is 139 cm³/mol. The standard InChI is InChI=1S/C26H33Cl2NO5S/c1-5-21(16-35(32,33)26(2,3)4)29-23(17-9-11-19(27)12-10-17)24(18-7-6-8-20(28)15-18)34-22(13-14-30)25(29)31/h6-12,15,21-24,30H,5,13-14,16H2,1-4H3/t21?,22-,23+,24+/m0/s1. The molecule has 4 atom stereocenters. The van der Waals surface area contributed by atoms with Crippen LogP contribution in [0.3, 0.4) is 0 Å². The molecule has 1 fully saturated rings. The fourth-order valence-corrected chi connectivity index (χ4v) is 6.04. The highest BCUT2D eigenvalue weighted by molar-refractivity contribution is 7.92. The van der Waals surface area contributed by atoms with Gasteiger partial charge in [-0.1, -0.05) is 54.4 Å². The second-order valence-electron chi connectivity index (χ2n) is 9.81. The number of benzene rings is 2. The molecule has 1 saturated heterocycles. The van der Waals surface area contributed by atoms with E-state index in [2.05, 4.69) is 0 Å². The molecule has 192 valence electrons. The number of sulfone groups is 1. The molecule has 0 bridgehead atoms. The Hall–Kier alpha value is -1.64. The van der Waals surface area contributed by atoms with Crippen molar-refractivity contribution in [1.82, 2.24) is 4.90 Å². The van der Waals surface area contributed by atoms with Gasteiger partial charge in [-0.3, -0.25) is 4.79 Å². The number of hydrogen-bond donors (Lipinski definition) is 1. The molecular formula is C26H33Cl2NO5S. The second-order valence-corrected chi connectivity index (χ2v) is 13.5. The minimum absolute atomic E-state index is 0.0994. The molecule has 1 heterocycles. The van der Waals surface area contributed by atoms with Gasteiger partial charge in [-0.25, -0.2) is 8.42 Å². The Morgan fingerprint density at radius 1 is 1.06 bits per heavy atom. The van der Waals surface area contributed by atoms with Gasteiger partial charge in [-0.05, 0) is 62.6 Å². The van der Waals surface area contributed by atoms with Gasteiger partial charge in [0.1, 0.15) is 12.2 Å². The molecule has 1 aliphatic rings. The summed E-state index contributed by atoms with van der Waals surface area (Å²) in [5.74, 6) is -0.523. The molecule has 1 aliphatic heterocycles. The highest BCUT2D eigenvalue weighted by Gasteiger charge is 2.47. The van der Waals surface area contributed by atoms with E-state index in [9.17, 15) is 18.3 Å². The van der Waals surface area contributed by atoms with Crippen LogP contribution in [0.15, 0.2) is 48.5 Å². The van der Waals surface area contributed by atoms with Crippen LogP contribution in [0.2, 0.25) is 10.0 Å². The average Bonchev–Trinajstić information content (AvgIpc) is 2.78. The molecule has 0 saturated carbocycles. The number of ether oxygens (including phenoxy) is 1. The van der Waals surface area contributed by atoms with E-state index < -0.39 is 38.9 Å². The summed E-state index contributed by atoms with van der Waals surface area (Å²) in [6, 6.07) is 13.1. The third-order valence-electron chi connectivity index (χ3n) is 6.42. The number of aliphatic hydroxyl groups excluding tert-OH is 1. The fraction of sp³-hybridized carbons (Fsp3) is 0.500. The number of hydrogen-bond acceptors (Lipinski definition) is 5. The van der Waals surface area contributed by atoms with Crippen molar-refractivity contribution in [2.75, 3.05) is 12.4 Å². The van der Waals surface area contributed by atoms with Crippen LogP contribution in [-0.4, -0.2) is 53.6 Å². The lowest BCUT2D eigenvalue weighted by atomic mass is 9.89. The summed E-state index contributed by atoms with van der Waals surface area (Å²) in [6.07, 6.45) is -1.02. The molecule has 3 rings (SSSR count). The van der Waals surface area contributed by atoms with E-state index in [0.29, 0.717) is 16.5 Å². The number of carbonyl (C=O) groups is 1. The number of amides is 1. The van der Waals surface area contributed by atoms with E-state index in [-0.39, 0.29) is 24.7 Å². The second kappa shape index (κ2) is 11.2. The van der Waals surface area contributed by atoms with Gasteiger partial charge < -0.3 is 14.7 Å². The summed E-state index contributed by atoms with van der Waals surface area (Å²) in [7, 11) is -3.54. The van der Waals surface area contributed by atoms with E-state index in [1.165, 1.54) is 0 Å². The largest absolute Gasteiger partial charge is 0.396 e. The predicted octanol–water partition coefficient (Wildman–Crippen LogP) is 5.38. The molecule has 0 radical (unpaired) electrons. The van der Waals surface area contributed by atoms with Crippen LogP contribution in [0.5, 0.6) is 0 Å². The van der Waals surface area contributed by atoms with Gasteiger partial charge in [-0.2, -0.15) is 0 Å². The van der Waals surface area contributed by atoms with Gasteiger partial charge in [0.25, 0.3) is 5.91 Å². The topological polar surface area (TPSA) is 83.9 Å². The Labute approximate surface area is 218 Å². The molecule has 0 spiro atoms. The lowest BCUT2D eigenvalue weighted by Crippen LogP contribution is -2.57. The Morgan fingerprint density at radius 2 is 1.71 bits per heavy atom. The van der Waals surface area contributed by atoms with Gasteiger partial charge in [0.2, 0.25) is 0 Å². The number of morpholine rings is 1. The van der Waals surface area contributed by atoms with E-state index >= 15 is 0 Å². The summed E-state index contributed by atoms with van der Waals surface area (Å²) < 4.78 is 31.8. The lowest BCUT2D eigenvalue weighted by Gasteiger charge is -2.48. The van der Waals surface area contributed by atoms with Crippen LogP contribution >= 0.6 is 23.2 Å². The minimum Gasteiger partial charge on any atom is -0.396 e. The van der Waals surface area contributed by atoms with Crippen LogP contribution in [0.4, 0.5) is 0 Å². The van der Waals surface area contributed by atoms with Crippen molar-refractivity contribution < 1.29 is 23.1 Å². The molecule has 9 heteroatoms. The first kappa shape index (κ1) is 27.9. The normalized spacial score (nSPS) is 22.3. The summed E-state index contributed by atoms with van der Waals surface area (Å²) in [4.78, 5) is 15.4. The molecular weight excluding hydrogens is 509 g/mol. The molecule has 6 nitrogen and oxygen atoms in total. The van der Waals surface area contributed by atoms with Crippen LogP contribution in [-0.2, 0) is 19.4 Å². The zero-order chi connectivity index (χ0) is 26.0. The first-order chi connectivity index (χ1) is 16.4. The van der Waals surface area contributed by atoms with Crippen LogP contribution < -0.4 is 0 Å². The Kier molecular flexibility index (Phi) is 8.92. The third-order valence-corrected chi connectivity index (χ3v) is 9.59. The first-order valence-electron chi connectivity index (χ1n) is 11.7. The van der Waals surface area contributed by atoms with Crippen molar-refractivity contribution in [1.29, 1.82) is 0 Å². The summed E-state index contributed by atoms with van der Waals surface area (Å²) in [5.41, 5.74) is 1.52. The Balaban J connectivity index is 2.19. The monoisotopic (exact) mass is 541 g/mol. The van der Waals surface area contributed by atoms with Crippen molar-refractivity contribution in [3.63, 3.8) is 0 Å². The Morgan fingerprint density at radius 3 is 2.26 bits per heavy atom. The molecule has 0 aliphatic carbocycles. The molecule has 2 aromatic rings. The molecule has 1 N–H and O–H groups in total. The van der Waals surface area contributed by atoms with Crippen molar-refractivity contribution in [2.45, 2.75) is 69.6 Å². The molecule has 1 amide bonds. The van der Waals surface area contributed by atoms with Crippen LogP contribution in [0, 0.1) is 0 Å². The van der Waals surface area contributed by atoms with E-state index in [1.807, 2.05) is 31.2 Å². The third kappa shape index (κ3) is 6.20. The van der Waals surface area contributed by atoms with Gasteiger partial charge in [-0.15, -0.1) is 0 Å². The maximum atomic E-state index is 13.8. The zero-order valence-corrected chi connectivity index (χ0v) is 22.8. The van der Waals surface area contributed by atoms with Crippen molar-refractivity contribution in [2.24, 2.45) is 0 Å². The highest BCUT2D eigenvalue weighted by atomic mass is 35.5. The number of halogens is 2. The molecule has 0 aromatic heterocycles. The van der Waals surface area contributed by atoms with E-state index in [1.54, 1.807) is 49.9 Å². The maximum Gasteiger partial charge on any atom is 0.252 e. The quantitative estimate of drug-likeness (QED) is 0.485. The summed E-state index contributed by atoms with van der Waals surface area (Å²) in [6.45, 7) is 6.62. The maximum absolute atomic E-state index is 13.8. The number of rotatable bonds is 8. The number of carbonyl (C=O) groups excluding carboxylic acids is 1. The lowest BCUT2D eigenvalue weighted by molar-refractivity contribution is -0.180. The van der Waals surface area contributed by atoms with Gasteiger partial charge in [0.05, 0.1) is 16.5 Å². The summed E-state index contributed by atoms with van der Waals surface area (Å²) >= 11 is 12.4. The van der Waals surface area contributed by atoms with Crippen molar-refractivity contribution >= 4 is 38.9 Å². The van der Waals surface area contributed by atoms with E-state index in [0.717, 1.165) is 11.1 Å². The summed E-state index contributed by atoms with van der Waals surface area (Å²) in [5, 5.41) is 10.7. The van der Waals surface area contributed by atoms with Crippen LogP contribution in [0.25, 0.3) is 0 Å². The number of aliphatic hydroxyl groups is 1. The molecule has 2 aromatic carbocycles. The minimum atomic E-state index is -3.54. The van der Waals surface area contributed by atoms with Gasteiger partial charge >= 0.3 is 0 Å². The highest BCUT2D eigenvalue weighted by Crippen LogP contribution is 2.45. The number of nitrogens with zero attached hydrogens (tertiary/aromatic N) is 1. The van der Waals surface area contributed by atoms with Gasteiger partial charge in [0, 0.05) is 29.1 Å². The SMILES string of the molecule is CCC(CS(=O)(=O)C(C)(C)C)N1C(=O)[C@H](CCO)O[C@H](c2cccc(Cl)c2)[C@H]1c1ccc(Cl)cc1. The van der Waals surface area contributed by atoms with Crippen molar-refractivity contribution in [3.05, 3.63) is 69.7 Å². The first-order valence-corrected chi connectivity index (χ1v) is 14.1.